The third-order valence-electron chi connectivity index (χ3n) is 15.1. The van der Waals surface area contributed by atoms with Crippen molar-refractivity contribution in [2.45, 2.75) is 366 Å². The number of aliphatic hydroxyl groups is 2. The largest absolute Gasteiger partial charge is 0.466 e. The predicted molar refractivity (Wildman–Crippen MR) is 319 cm³/mol. The molecule has 2 atom stereocenters. The number of ether oxygens (including phenoxy) is 1. The van der Waals surface area contributed by atoms with Crippen LogP contribution in [0.1, 0.15) is 354 Å². The summed E-state index contributed by atoms with van der Waals surface area (Å²) < 4.78 is 5.47. The molecular formula is C67H127NO5. The summed E-state index contributed by atoms with van der Waals surface area (Å²) in [6, 6.07) is -0.639. The van der Waals surface area contributed by atoms with Crippen molar-refractivity contribution in [1.82, 2.24) is 5.32 Å². The van der Waals surface area contributed by atoms with Crippen LogP contribution in [0.15, 0.2) is 36.5 Å². The third kappa shape index (κ3) is 59.2. The van der Waals surface area contributed by atoms with Gasteiger partial charge in [-0.05, 0) is 83.5 Å². The summed E-state index contributed by atoms with van der Waals surface area (Å²) >= 11 is 0. The first-order valence-electron chi connectivity index (χ1n) is 32.8. The molecule has 6 heteroatoms. The van der Waals surface area contributed by atoms with Gasteiger partial charge in [0.25, 0.3) is 0 Å². The number of carbonyl (C=O) groups is 2. The van der Waals surface area contributed by atoms with Crippen LogP contribution in [0.5, 0.6) is 0 Å². The van der Waals surface area contributed by atoms with Crippen molar-refractivity contribution < 1.29 is 24.5 Å². The fourth-order valence-electron chi connectivity index (χ4n) is 10.1. The zero-order valence-electron chi connectivity index (χ0n) is 49.1. The monoisotopic (exact) mass is 1030 g/mol. The fourth-order valence-corrected chi connectivity index (χ4v) is 10.1. The average Bonchev–Trinajstić information content (AvgIpc) is 3.39. The van der Waals surface area contributed by atoms with Gasteiger partial charge in [0.05, 0.1) is 25.4 Å². The van der Waals surface area contributed by atoms with Crippen molar-refractivity contribution in [3.05, 3.63) is 36.5 Å². The maximum atomic E-state index is 12.5. The minimum Gasteiger partial charge on any atom is -0.466 e. The van der Waals surface area contributed by atoms with E-state index in [1.807, 2.05) is 6.08 Å². The van der Waals surface area contributed by atoms with E-state index in [1.54, 1.807) is 6.08 Å². The Kier molecular flexibility index (Phi) is 61.0. The van der Waals surface area contributed by atoms with Crippen LogP contribution in [0.25, 0.3) is 0 Å². The number of esters is 1. The highest BCUT2D eigenvalue weighted by molar-refractivity contribution is 5.76. The van der Waals surface area contributed by atoms with E-state index in [9.17, 15) is 19.8 Å². The van der Waals surface area contributed by atoms with Crippen molar-refractivity contribution in [3.8, 4) is 0 Å². The van der Waals surface area contributed by atoms with Gasteiger partial charge in [-0.1, -0.05) is 294 Å². The molecule has 73 heavy (non-hydrogen) atoms. The van der Waals surface area contributed by atoms with E-state index >= 15 is 0 Å². The average molecular weight is 1030 g/mol. The van der Waals surface area contributed by atoms with Crippen LogP contribution < -0.4 is 5.32 Å². The number of allylic oxidation sites excluding steroid dienone is 5. The number of aliphatic hydroxyl groups excluding tert-OH is 2. The Morgan fingerprint density at radius 1 is 0.370 bits per heavy atom. The zero-order valence-corrected chi connectivity index (χ0v) is 49.1. The normalized spacial score (nSPS) is 12.8. The Morgan fingerprint density at radius 3 is 0.973 bits per heavy atom. The Labute approximate surface area is 455 Å². The summed E-state index contributed by atoms with van der Waals surface area (Å²) in [6.45, 7) is 4.90. The number of hydrogen-bond donors (Lipinski definition) is 3. The Hall–Kier alpha value is -1.92. The standard InChI is InChI=1S/C67H127NO5/c1-3-5-7-9-11-13-15-17-19-20-21-22-23-24-25-26-28-32-35-39-43-47-51-55-59-65(70)64(63-69)68-66(71)60-56-52-48-44-40-36-33-29-27-30-34-38-42-46-50-54-58-62-73-67(72)61-57-53-49-45-41-37-31-18-16-14-12-10-8-6-4-2/h18,27,30-31,55,59,64-65,69-70H,3-17,19-26,28-29,32-54,56-58,60-63H2,1-2H3,(H,68,71)/b30-27-,31-18-,59-55+. The summed E-state index contributed by atoms with van der Waals surface area (Å²) in [6.07, 6.45) is 79.1. The molecule has 0 fully saturated rings. The Balaban J connectivity index is 3.48. The summed E-state index contributed by atoms with van der Waals surface area (Å²) in [5, 5.41) is 23.2. The first-order valence-corrected chi connectivity index (χ1v) is 32.8. The second-order valence-electron chi connectivity index (χ2n) is 22.4. The summed E-state index contributed by atoms with van der Waals surface area (Å²) in [4.78, 5) is 24.6. The lowest BCUT2D eigenvalue weighted by Crippen LogP contribution is -2.45. The maximum absolute atomic E-state index is 12.5. The number of carbonyl (C=O) groups excluding carboxylic acids is 2. The first-order chi connectivity index (χ1) is 36.0. The Bertz CT molecular complexity index is 1180. The van der Waals surface area contributed by atoms with Gasteiger partial charge in [-0.25, -0.2) is 0 Å². The van der Waals surface area contributed by atoms with Gasteiger partial charge in [0.2, 0.25) is 5.91 Å². The molecule has 0 spiro atoms. The van der Waals surface area contributed by atoms with Crippen LogP contribution in [-0.2, 0) is 14.3 Å². The van der Waals surface area contributed by atoms with E-state index in [0.717, 1.165) is 57.8 Å². The third-order valence-corrected chi connectivity index (χ3v) is 15.1. The highest BCUT2D eigenvalue weighted by atomic mass is 16.5. The zero-order chi connectivity index (χ0) is 52.9. The fraction of sp³-hybridized carbons (Fsp3) is 0.881. The van der Waals surface area contributed by atoms with E-state index in [-0.39, 0.29) is 18.5 Å². The number of hydrogen-bond acceptors (Lipinski definition) is 5. The van der Waals surface area contributed by atoms with Gasteiger partial charge in [-0.2, -0.15) is 0 Å². The topological polar surface area (TPSA) is 95.9 Å². The molecule has 0 aromatic rings. The SMILES string of the molecule is CCCCCCCC/C=C\CCCCCCCC(=O)OCCCCCCCC/C=C\CCCCCCCCCC(=O)NC(CO)C(O)/C=C/CCCCCCCCCCCCCCCCCCCCCCCC. The molecule has 0 saturated carbocycles. The summed E-state index contributed by atoms with van der Waals surface area (Å²) in [7, 11) is 0. The van der Waals surface area contributed by atoms with Crippen molar-refractivity contribution >= 4 is 11.9 Å². The minimum absolute atomic E-state index is 0.0102. The van der Waals surface area contributed by atoms with Gasteiger partial charge in [0, 0.05) is 12.8 Å². The molecule has 0 aliphatic rings. The van der Waals surface area contributed by atoms with Crippen LogP contribution in [-0.4, -0.2) is 47.4 Å². The first kappa shape index (κ1) is 71.1. The van der Waals surface area contributed by atoms with Gasteiger partial charge in [-0.15, -0.1) is 0 Å². The van der Waals surface area contributed by atoms with Crippen LogP contribution >= 0.6 is 0 Å². The van der Waals surface area contributed by atoms with Gasteiger partial charge in [0.15, 0.2) is 0 Å². The molecule has 0 heterocycles. The van der Waals surface area contributed by atoms with E-state index in [4.69, 9.17) is 4.74 Å². The van der Waals surface area contributed by atoms with Crippen LogP contribution in [0.4, 0.5) is 0 Å². The van der Waals surface area contributed by atoms with Crippen LogP contribution in [0, 0.1) is 0 Å². The molecule has 3 N–H and O–H groups in total. The highest BCUT2D eigenvalue weighted by Crippen LogP contribution is 2.17. The van der Waals surface area contributed by atoms with Crippen molar-refractivity contribution in [2.24, 2.45) is 0 Å². The molecule has 2 unspecified atom stereocenters. The molecule has 0 radical (unpaired) electrons. The van der Waals surface area contributed by atoms with Crippen LogP contribution in [0.2, 0.25) is 0 Å². The number of amides is 1. The van der Waals surface area contributed by atoms with E-state index in [2.05, 4.69) is 43.5 Å². The molecule has 0 aromatic carbocycles. The molecule has 0 bridgehead atoms. The van der Waals surface area contributed by atoms with Gasteiger partial charge in [0.1, 0.15) is 0 Å². The molecule has 1 amide bonds. The molecule has 6 nitrogen and oxygen atoms in total. The lowest BCUT2D eigenvalue weighted by molar-refractivity contribution is -0.143. The summed E-state index contributed by atoms with van der Waals surface area (Å²) in [5.74, 6) is -0.0873. The number of unbranched alkanes of at least 4 members (excludes halogenated alkanes) is 46. The smallest absolute Gasteiger partial charge is 0.305 e. The van der Waals surface area contributed by atoms with Crippen molar-refractivity contribution in [3.63, 3.8) is 0 Å². The molecule has 0 aliphatic carbocycles. The van der Waals surface area contributed by atoms with Gasteiger partial charge in [-0.3, -0.25) is 9.59 Å². The lowest BCUT2D eigenvalue weighted by atomic mass is 10.0. The number of rotatable bonds is 61. The molecule has 0 saturated heterocycles. The van der Waals surface area contributed by atoms with E-state index < -0.39 is 12.1 Å². The second kappa shape index (κ2) is 62.6. The quantitative estimate of drug-likeness (QED) is 0.0320. The lowest BCUT2D eigenvalue weighted by Gasteiger charge is -2.20. The molecule has 430 valence electrons. The molecular weight excluding hydrogens is 899 g/mol. The van der Waals surface area contributed by atoms with Crippen molar-refractivity contribution in [1.29, 1.82) is 0 Å². The number of nitrogens with one attached hydrogen (secondary N) is 1. The molecule has 0 rings (SSSR count). The van der Waals surface area contributed by atoms with Crippen LogP contribution in [0.3, 0.4) is 0 Å². The second-order valence-corrected chi connectivity index (χ2v) is 22.4. The summed E-state index contributed by atoms with van der Waals surface area (Å²) in [5.41, 5.74) is 0. The highest BCUT2D eigenvalue weighted by Gasteiger charge is 2.18. The van der Waals surface area contributed by atoms with Gasteiger partial charge < -0.3 is 20.3 Å². The maximum Gasteiger partial charge on any atom is 0.305 e. The van der Waals surface area contributed by atoms with E-state index in [1.165, 1.54) is 270 Å². The van der Waals surface area contributed by atoms with Crippen molar-refractivity contribution in [2.75, 3.05) is 13.2 Å². The Morgan fingerprint density at radius 2 is 0.644 bits per heavy atom. The molecule has 0 aromatic heterocycles. The van der Waals surface area contributed by atoms with E-state index in [0.29, 0.717) is 19.4 Å². The molecule has 0 aliphatic heterocycles. The van der Waals surface area contributed by atoms with Gasteiger partial charge >= 0.3 is 5.97 Å². The predicted octanol–water partition coefficient (Wildman–Crippen LogP) is 20.8. The minimum atomic E-state index is -0.854.